The number of methoxy groups -OCH3 is 1. The first-order valence-corrected chi connectivity index (χ1v) is 9.56. The molecule has 1 N–H and O–H groups in total. The van der Waals surface area contributed by atoms with Crippen molar-refractivity contribution in [2.24, 2.45) is 4.99 Å². The van der Waals surface area contributed by atoms with Crippen LogP contribution in [0, 0.1) is 0 Å². The van der Waals surface area contributed by atoms with Crippen LogP contribution in [0.5, 0.6) is 5.75 Å². The lowest BCUT2D eigenvalue weighted by Crippen LogP contribution is -2.53. The third-order valence-corrected chi connectivity index (χ3v) is 4.89. The number of piperazine rings is 1. The summed E-state index contributed by atoms with van der Waals surface area (Å²) in [6.07, 6.45) is 0. The third-order valence-electron chi connectivity index (χ3n) is 4.89. The van der Waals surface area contributed by atoms with E-state index < -0.39 is 0 Å². The average molecular weight is 376 g/mol. The zero-order chi connectivity index (χ0) is 19.8. The summed E-state index contributed by atoms with van der Waals surface area (Å²) in [5.74, 6) is 1.93. The normalized spacial score (nSPS) is 16.4. The summed E-state index contributed by atoms with van der Waals surface area (Å²) < 4.78 is 5.54. The number of rotatable bonds is 6. The van der Waals surface area contributed by atoms with E-state index in [1.54, 1.807) is 14.0 Å². The van der Waals surface area contributed by atoms with Gasteiger partial charge in [0.15, 0.2) is 5.96 Å². The molecule has 27 heavy (non-hydrogen) atoms. The van der Waals surface area contributed by atoms with Crippen LogP contribution >= 0.6 is 0 Å². The maximum absolute atomic E-state index is 11.6. The molecule has 0 radical (unpaired) electrons. The van der Waals surface area contributed by atoms with Gasteiger partial charge in [-0.2, -0.15) is 0 Å². The van der Waals surface area contributed by atoms with Crippen LogP contribution < -0.4 is 10.1 Å². The molecule has 1 aromatic rings. The van der Waals surface area contributed by atoms with Gasteiger partial charge in [0, 0.05) is 45.2 Å². The van der Waals surface area contributed by atoms with Gasteiger partial charge in [-0.3, -0.25) is 9.79 Å². The Morgan fingerprint density at radius 3 is 2.41 bits per heavy atom. The van der Waals surface area contributed by atoms with Crippen molar-refractivity contribution in [3.05, 3.63) is 29.8 Å². The van der Waals surface area contributed by atoms with Crippen LogP contribution in [0.3, 0.4) is 0 Å². The molecule has 7 nitrogen and oxygen atoms in total. The van der Waals surface area contributed by atoms with E-state index in [1.165, 1.54) is 0 Å². The first kappa shape index (κ1) is 21.0. The zero-order valence-electron chi connectivity index (χ0n) is 17.2. The number of carbonyl (C=O) groups is 1. The number of para-hydroxylation sites is 1. The second kappa shape index (κ2) is 10.2. The number of ether oxygens (including phenoxy) is 1. The van der Waals surface area contributed by atoms with Crippen molar-refractivity contribution in [3.8, 4) is 5.75 Å². The molecule has 0 aromatic heterocycles. The number of likely N-dealkylation sites (N-methyl/N-ethyl adjacent to an activating group) is 1. The second-order valence-corrected chi connectivity index (χ2v) is 6.91. The van der Waals surface area contributed by atoms with Crippen LogP contribution in [0.15, 0.2) is 29.3 Å². The van der Waals surface area contributed by atoms with Crippen LogP contribution in [0.4, 0.5) is 0 Å². The Labute approximate surface area is 163 Å². The van der Waals surface area contributed by atoms with Crippen LogP contribution in [0.2, 0.25) is 0 Å². The molecule has 1 aliphatic rings. The van der Waals surface area contributed by atoms with Crippen molar-refractivity contribution in [2.75, 3.05) is 60.5 Å². The molecule has 0 bridgehead atoms. The third kappa shape index (κ3) is 5.60. The monoisotopic (exact) mass is 375 g/mol. The van der Waals surface area contributed by atoms with E-state index in [9.17, 15) is 4.79 Å². The van der Waals surface area contributed by atoms with Gasteiger partial charge in [-0.15, -0.1) is 0 Å². The largest absolute Gasteiger partial charge is 0.496 e. The summed E-state index contributed by atoms with van der Waals surface area (Å²) in [6, 6.07) is 8.22. The van der Waals surface area contributed by atoms with Crippen molar-refractivity contribution >= 4 is 11.9 Å². The van der Waals surface area contributed by atoms with E-state index >= 15 is 0 Å². The summed E-state index contributed by atoms with van der Waals surface area (Å²) in [6.45, 7) is 8.22. The fraction of sp³-hybridized carbons (Fsp3) is 0.600. The number of aliphatic imine (C=N–C) groups is 1. The first-order valence-electron chi connectivity index (χ1n) is 9.56. The highest BCUT2D eigenvalue weighted by atomic mass is 16.5. The predicted molar refractivity (Wildman–Crippen MR) is 109 cm³/mol. The zero-order valence-corrected chi connectivity index (χ0v) is 17.2. The number of guanidine groups is 1. The predicted octanol–water partition coefficient (Wildman–Crippen LogP) is 1.43. The minimum absolute atomic E-state index is 0.119. The van der Waals surface area contributed by atoms with E-state index in [0.29, 0.717) is 6.54 Å². The smallest absolute Gasteiger partial charge is 0.219 e. The Bertz CT molecular complexity index is 639. The molecule has 7 heteroatoms. The van der Waals surface area contributed by atoms with Gasteiger partial charge in [0.1, 0.15) is 5.75 Å². The molecule has 1 amide bonds. The maximum Gasteiger partial charge on any atom is 0.219 e. The standard InChI is InChI=1S/C20H33N5O2/c1-6-21-20(25-13-11-24(12-14-25)16(2)26)22-15-18(23(3)4)17-9-7-8-10-19(17)27-5/h7-10,18H,6,11-15H2,1-5H3,(H,21,22). The van der Waals surface area contributed by atoms with Gasteiger partial charge in [0.05, 0.1) is 19.7 Å². The number of nitrogens with zero attached hydrogens (tertiary/aromatic N) is 4. The Kier molecular flexibility index (Phi) is 7.91. The van der Waals surface area contributed by atoms with Crippen LogP contribution in [0.25, 0.3) is 0 Å². The molecule has 1 aliphatic heterocycles. The molecular formula is C20H33N5O2. The number of nitrogens with one attached hydrogen (secondary N) is 1. The Morgan fingerprint density at radius 1 is 1.22 bits per heavy atom. The van der Waals surface area contributed by atoms with E-state index in [4.69, 9.17) is 9.73 Å². The summed E-state index contributed by atoms with van der Waals surface area (Å²) >= 11 is 0. The fourth-order valence-corrected chi connectivity index (χ4v) is 3.31. The van der Waals surface area contributed by atoms with E-state index in [1.807, 2.05) is 23.1 Å². The summed E-state index contributed by atoms with van der Waals surface area (Å²) in [5, 5.41) is 3.39. The van der Waals surface area contributed by atoms with Gasteiger partial charge in [-0.25, -0.2) is 0 Å². The SMILES string of the molecule is CCNC(=NCC(c1ccccc1OC)N(C)C)N1CCN(C(C)=O)CC1. The van der Waals surface area contributed by atoms with E-state index in [0.717, 1.165) is 50.0 Å². The summed E-state index contributed by atoms with van der Waals surface area (Å²) in [5.41, 5.74) is 1.13. The van der Waals surface area contributed by atoms with Gasteiger partial charge >= 0.3 is 0 Å². The van der Waals surface area contributed by atoms with Gasteiger partial charge in [-0.1, -0.05) is 18.2 Å². The Hall–Kier alpha value is -2.28. The minimum atomic E-state index is 0.119. The highest BCUT2D eigenvalue weighted by Crippen LogP contribution is 2.28. The molecule has 0 aliphatic carbocycles. The van der Waals surface area contributed by atoms with Crippen molar-refractivity contribution in [3.63, 3.8) is 0 Å². The Morgan fingerprint density at radius 2 is 1.85 bits per heavy atom. The highest BCUT2D eigenvalue weighted by Gasteiger charge is 2.22. The topological polar surface area (TPSA) is 60.4 Å². The minimum Gasteiger partial charge on any atom is -0.496 e. The van der Waals surface area contributed by atoms with Crippen molar-refractivity contribution in [1.29, 1.82) is 0 Å². The van der Waals surface area contributed by atoms with Crippen molar-refractivity contribution in [1.82, 2.24) is 20.0 Å². The molecule has 1 fully saturated rings. The summed E-state index contributed by atoms with van der Waals surface area (Å²) in [7, 11) is 5.82. The lowest BCUT2D eigenvalue weighted by atomic mass is 10.0. The van der Waals surface area contributed by atoms with Crippen LogP contribution in [-0.4, -0.2) is 87.0 Å². The molecule has 1 atom stereocenters. The molecule has 1 heterocycles. The number of hydrogen-bond acceptors (Lipinski definition) is 4. The molecule has 150 valence electrons. The van der Waals surface area contributed by atoms with Crippen molar-refractivity contribution < 1.29 is 9.53 Å². The lowest BCUT2D eigenvalue weighted by molar-refractivity contribution is -0.130. The van der Waals surface area contributed by atoms with E-state index in [-0.39, 0.29) is 11.9 Å². The molecule has 1 saturated heterocycles. The molecule has 1 aromatic carbocycles. The number of hydrogen-bond donors (Lipinski definition) is 1. The second-order valence-electron chi connectivity index (χ2n) is 6.91. The van der Waals surface area contributed by atoms with Crippen LogP contribution in [0.1, 0.15) is 25.5 Å². The average Bonchev–Trinajstić information content (AvgIpc) is 2.67. The van der Waals surface area contributed by atoms with Gasteiger partial charge in [0.2, 0.25) is 5.91 Å². The summed E-state index contributed by atoms with van der Waals surface area (Å²) in [4.78, 5) is 22.7. The fourth-order valence-electron chi connectivity index (χ4n) is 3.31. The van der Waals surface area contributed by atoms with Gasteiger partial charge in [0.25, 0.3) is 0 Å². The van der Waals surface area contributed by atoms with Gasteiger partial charge < -0.3 is 24.8 Å². The van der Waals surface area contributed by atoms with Gasteiger partial charge in [-0.05, 0) is 27.1 Å². The quantitative estimate of drug-likeness (QED) is 0.602. The number of amides is 1. The molecule has 0 spiro atoms. The first-order chi connectivity index (χ1) is 13.0. The van der Waals surface area contributed by atoms with Crippen molar-refractivity contribution in [2.45, 2.75) is 19.9 Å². The van der Waals surface area contributed by atoms with E-state index in [2.05, 4.69) is 42.2 Å². The molecule has 1 unspecified atom stereocenters. The molecular weight excluding hydrogens is 342 g/mol. The number of benzene rings is 1. The maximum atomic E-state index is 11.6. The number of carbonyl (C=O) groups excluding carboxylic acids is 1. The Balaban J connectivity index is 2.15. The lowest BCUT2D eigenvalue weighted by Gasteiger charge is -2.36. The highest BCUT2D eigenvalue weighted by molar-refractivity contribution is 5.80. The van der Waals surface area contributed by atoms with Crippen LogP contribution in [-0.2, 0) is 4.79 Å². The molecule has 2 rings (SSSR count). The molecule has 0 saturated carbocycles.